The minimum atomic E-state index is -0.700. The molecule has 0 unspecified atom stereocenters. The number of halogens is 1. The van der Waals surface area contributed by atoms with Gasteiger partial charge in [0.15, 0.2) is 0 Å². The van der Waals surface area contributed by atoms with Crippen molar-refractivity contribution in [3.63, 3.8) is 0 Å². The molecule has 8 heteroatoms. The van der Waals surface area contributed by atoms with Crippen LogP contribution in [0.2, 0.25) is 0 Å². The average molecular weight is 418 g/mol. The molecule has 26 heavy (non-hydrogen) atoms. The molecule has 2 heterocycles. The molecule has 1 amide bonds. The molecule has 0 saturated carbocycles. The lowest BCUT2D eigenvalue weighted by atomic mass is 10.1. The fourth-order valence-corrected chi connectivity index (χ4v) is 2.81. The van der Waals surface area contributed by atoms with E-state index in [1.165, 1.54) is 10.6 Å². The number of aliphatic hydroxyl groups is 1. The average Bonchev–Trinajstić information content (AvgIpc) is 2.65. The van der Waals surface area contributed by atoms with E-state index >= 15 is 0 Å². The maximum absolute atomic E-state index is 12.5. The lowest BCUT2D eigenvalue weighted by molar-refractivity contribution is 0.136. The summed E-state index contributed by atoms with van der Waals surface area (Å²) in [5.74, 6) is 0. The van der Waals surface area contributed by atoms with E-state index in [1.54, 1.807) is 6.20 Å². The topological polar surface area (TPSA) is 92.9 Å². The van der Waals surface area contributed by atoms with Crippen LogP contribution in [0.1, 0.15) is 5.56 Å². The van der Waals surface area contributed by atoms with E-state index in [0.29, 0.717) is 5.65 Å². The van der Waals surface area contributed by atoms with E-state index in [0.717, 1.165) is 15.6 Å². The molecular formula is C18H16BrN3O4. The number of fused-ring (bicyclic) bond motifs is 1. The summed E-state index contributed by atoms with van der Waals surface area (Å²) in [6, 6.07) is 11.5. The maximum atomic E-state index is 12.5. The second-order valence-electron chi connectivity index (χ2n) is 5.47. The van der Waals surface area contributed by atoms with E-state index < -0.39 is 6.09 Å². The van der Waals surface area contributed by atoms with Gasteiger partial charge in [0, 0.05) is 23.4 Å². The van der Waals surface area contributed by atoms with Gasteiger partial charge in [-0.2, -0.15) is 0 Å². The van der Waals surface area contributed by atoms with E-state index in [1.807, 2.05) is 36.4 Å². The summed E-state index contributed by atoms with van der Waals surface area (Å²) in [5, 5.41) is 11.0. The first-order valence-corrected chi connectivity index (χ1v) is 8.65. The van der Waals surface area contributed by atoms with Gasteiger partial charge < -0.3 is 15.2 Å². The number of carbonyl (C=O) groups excluding carboxylic acids is 1. The minimum absolute atomic E-state index is 0.0894. The zero-order chi connectivity index (χ0) is 18.5. The van der Waals surface area contributed by atoms with Crippen LogP contribution in [0.5, 0.6) is 0 Å². The van der Waals surface area contributed by atoms with Crippen molar-refractivity contribution >= 4 is 27.7 Å². The molecule has 3 rings (SSSR count). The molecule has 0 bridgehead atoms. The van der Waals surface area contributed by atoms with Crippen LogP contribution in [0.15, 0.2) is 58.1 Å². The number of aromatic nitrogens is 2. The molecule has 1 aromatic carbocycles. The molecule has 0 spiro atoms. The SMILES string of the molecule is O=C(NCCO)OCc1cnc2cc(-c3cccc(Br)c3)ccn2c1=O. The zero-order valence-corrected chi connectivity index (χ0v) is 15.3. The van der Waals surface area contributed by atoms with Crippen molar-refractivity contribution in [1.82, 2.24) is 14.7 Å². The lowest BCUT2D eigenvalue weighted by Crippen LogP contribution is -2.28. The molecule has 0 radical (unpaired) electrons. The fraction of sp³-hybridized carbons (Fsp3) is 0.167. The van der Waals surface area contributed by atoms with E-state index in [9.17, 15) is 9.59 Å². The van der Waals surface area contributed by atoms with Gasteiger partial charge in [0.2, 0.25) is 0 Å². The van der Waals surface area contributed by atoms with Gasteiger partial charge in [-0.05, 0) is 35.4 Å². The highest BCUT2D eigenvalue weighted by Gasteiger charge is 2.09. The van der Waals surface area contributed by atoms with E-state index in [2.05, 4.69) is 26.2 Å². The Morgan fingerprint density at radius 1 is 1.27 bits per heavy atom. The Morgan fingerprint density at radius 3 is 2.85 bits per heavy atom. The molecule has 0 atom stereocenters. The second-order valence-corrected chi connectivity index (χ2v) is 6.38. The van der Waals surface area contributed by atoms with Gasteiger partial charge >= 0.3 is 6.09 Å². The van der Waals surface area contributed by atoms with Crippen LogP contribution in [-0.2, 0) is 11.3 Å². The Morgan fingerprint density at radius 2 is 2.08 bits per heavy atom. The molecule has 7 nitrogen and oxygen atoms in total. The monoisotopic (exact) mass is 417 g/mol. The Hall–Kier alpha value is -2.71. The molecule has 134 valence electrons. The quantitative estimate of drug-likeness (QED) is 0.664. The minimum Gasteiger partial charge on any atom is -0.444 e. The summed E-state index contributed by atoms with van der Waals surface area (Å²) in [6.45, 7) is -0.290. The zero-order valence-electron chi connectivity index (χ0n) is 13.7. The Balaban J connectivity index is 1.85. The fourth-order valence-electron chi connectivity index (χ4n) is 2.41. The highest BCUT2D eigenvalue weighted by Crippen LogP contribution is 2.23. The summed E-state index contributed by atoms with van der Waals surface area (Å²) >= 11 is 3.44. The number of hydrogen-bond acceptors (Lipinski definition) is 5. The van der Waals surface area contributed by atoms with Gasteiger partial charge in [-0.25, -0.2) is 9.78 Å². The summed E-state index contributed by atoms with van der Waals surface area (Å²) in [6.07, 6.45) is 2.35. The third kappa shape index (κ3) is 4.09. The van der Waals surface area contributed by atoms with Gasteiger partial charge in [-0.3, -0.25) is 9.20 Å². The Kier molecular flexibility index (Phi) is 5.65. The van der Waals surface area contributed by atoms with Crippen LogP contribution in [0, 0.1) is 0 Å². The lowest BCUT2D eigenvalue weighted by Gasteiger charge is -2.08. The highest BCUT2D eigenvalue weighted by atomic mass is 79.9. The predicted molar refractivity (Wildman–Crippen MR) is 99.9 cm³/mol. The smallest absolute Gasteiger partial charge is 0.407 e. The molecule has 2 N–H and O–H groups in total. The van der Waals surface area contributed by atoms with Crippen molar-refractivity contribution in [1.29, 1.82) is 0 Å². The van der Waals surface area contributed by atoms with Crippen molar-refractivity contribution in [3.8, 4) is 11.1 Å². The van der Waals surface area contributed by atoms with Gasteiger partial charge in [-0.15, -0.1) is 0 Å². The van der Waals surface area contributed by atoms with Crippen LogP contribution in [0.4, 0.5) is 4.79 Å². The number of benzene rings is 1. The second kappa shape index (κ2) is 8.11. The summed E-state index contributed by atoms with van der Waals surface area (Å²) in [4.78, 5) is 28.2. The van der Waals surface area contributed by atoms with Crippen LogP contribution in [0.25, 0.3) is 16.8 Å². The van der Waals surface area contributed by atoms with Crippen molar-refractivity contribution in [2.24, 2.45) is 0 Å². The standard InChI is InChI=1S/C18H16BrN3O4/c19-15-3-1-2-12(8-15)13-4-6-22-16(9-13)21-10-14(17(22)24)11-26-18(25)20-5-7-23/h1-4,6,8-10,23H,5,7,11H2,(H,20,25). The normalized spacial score (nSPS) is 10.7. The van der Waals surface area contributed by atoms with Gasteiger partial charge in [0.25, 0.3) is 5.56 Å². The molecule has 2 aromatic heterocycles. The van der Waals surface area contributed by atoms with Crippen molar-refractivity contribution in [3.05, 3.63) is 69.2 Å². The van der Waals surface area contributed by atoms with Gasteiger partial charge in [0.1, 0.15) is 12.3 Å². The number of ether oxygens (including phenoxy) is 1. The van der Waals surface area contributed by atoms with Crippen LogP contribution in [-0.4, -0.2) is 33.7 Å². The largest absolute Gasteiger partial charge is 0.444 e. The number of aliphatic hydroxyl groups excluding tert-OH is 1. The first-order valence-electron chi connectivity index (χ1n) is 7.86. The predicted octanol–water partition coefficient (Wildman–Crippen LogP) is 2.34. The van der Waals surface area contributed by atoms with E-state index in [4.69, 9.17) is 9.84 Å². The Bertz CT molecular complexity index is 1000. The van der Waals surface area contributed by atoms with Gasteiger partial charge in [-0.1, -0.05) is 28.1 Å². The maximum Gasteiger partial charge on any atom is 0.407 e. The summed E-state index contributed by atoms with van der Waals surface area (Å²) in [7, 11) is 0. The van der Waals surface area contributed by atoms with Gasteiger partial charge in [0.05, 0.1) is 12.2 Å². The van der Waals surface area contributed by atoms with Crippen LogP contribution < -0.4 is 10.9 Å². The third-order valence-electron chi connectivity index (χ3n) is 3.68. The Labute approximate surface area is 157 Å². The number of nitrogens with zero attached hydrogens (tertiary/aromatic N) is 2. The molecule has 3 aromatic rings. The first kappa shape index (κ1) is 18.1. The molecular weight excluding hydrogens is 402 g/mol. The summed E-state index contributed by atoms with van der Waals surface area (Å²) < 4.78 is 7.32. The van der Waals surface area contributed by atoms with Crippen molar-refractivity contribution in [2.45, 2.75) is 6.61 Å². The third-order valence-corrected chi connectivity index (χ3v) is 4.17. The molecule has 0 fully saturated rings. The van der Waals surface area contributed by atoms with Crippen molar-refractivity contribution < 1.29 is 14.6 Å². The molecule has 0 aliphatic carbocycles. The molecule has 0 aliphatic rings. The molecule has 0 aliphatic heterocycles. The number of nitrogens with one attached hydrogen (secondary N) is 1. The van der Waals surface area contributed by atoms with E-state index in [-0.39, 0.29) is 30.9 Å². The number of carbonyl (C=O) groups is 1. The number of rotatable bonds is 5. The first-order chi connectivity index (χ1) is 12.6. The van der Waals surface area contributed by atoms with Crippen molar-refractivity contribution in [2.75, 3.05) is 13.2 Å². The highest BCUT2D eigenvalue weighted by molar-refractivity contribution is 9.10. The summed E-state index contributed by atoms with van der Waals surface area (Å²) in [5.41, 5.74) is 2.40. The van der Waals surface area contributed by atoms with Crippen LogP contribution in [0.3, 0.4) is 0 Å². The number of hydrogen-bond donors (Lipinski definition) is 2. The number of alkyl carbamates (subject to hydrolysis) is 1. The number of amides is 1. The molecule has 0 saturated heterocycles. The number of pyridine rings is 1. The van der Waals surface area contributed by atoms with Crippen LogP contribution >= 0.6 is 15.9 Å².